The lowest BCUT2D eigenvalue weighted by molar-refractivity contribution is -0.135. The molecule has 23 heavy (non-hydrogen) atoms. The van der Waals surface area contributed by atoms with Gasteiger partial charge in [-0.1, -0.05) is 6.07 Å². The number of carbonyl (C=O) groups excluding carboxylic acids is 1. The highest BCUT2D eigenvalue weighted by Gasteiger charge is 2.38. The molecule has 0 aromatic carbocycles. The van der Waals surface area contributed by atoms with Crippen LogP contribution in [0.1, 0.15) is 32.4 Å². The number of hydrogen-bond acceptors (Lipinski definition) is 5. The van der Waals surface area contributed by atoms with Crippen molar-refractivity contribution in [3.8, 4) is 10.7 Å². The van der Waals surface area contributed by atoms with Gasteiger partial charge in [-0.3, -0.25) is 9.78 Å². The summed E-state index contributed by atoms with van der Waals surface area (Å²) in [6.07, 6.45) is 3.80. The predicted molar refractivity (Wildman–Crippen MR) is 90.1 cm³/mol. The van der Waals surface area contributed by atoms with Crippen molar-refractivity contribution in [1.29, 1.82) is 0 Å². The second-order valence-electron chi connectivity index (χ2n) is 6.43. The smallest absolute Gasteiger partial charge is 0.228 e. The Kier molecular flexibility index (Phi) is 4.46. The summed E-state index contributed by atoms with van der Waals surface area (Å²) >= 11 is 1.50. The van der Waals surface area contributed by atoms with Crippen molar-refractivity contribution in [3.63, 3.8) is 0 Å². The van der Waals surface area contributed by atoms with Crippen molar-refractivity contribution in [2.75, 3.05) is 6.54 Å². The normalized spacial score (nSPS) is 18.4. The zero-order valence-corrected chi connectivity index (χ0v) is 14.2. The molecule has 2 aromatic heterocycles. The Labute approximate surface area is 140 Å². The highest BCUT2D eigenvalue weighted by atomic mass is 32.1. The van der Waals surface area contributed by atoms with Gasteiger partial charge >= 0.3 is 0 Å². The molecule has 0 aliphatic carbocycles. The number of thiazole rings is 1. The third-order valence-electron chi connectivity index (χ3n) is 4.16. The van der Waals surface area contributed by atoms with E-state index in [4.69, 9.17) is 0 Å². The van der Waals surface area contributed by atoms with E-state index >= 15 is 0 Å². The van der Waals surface area contributed by atoms with Gasteiger partial charge in [-0.2, -0.15) is 0 Å². The van der Waals surface area contributed by atoms with E-state index in [0.717, 1.165) is 29.2 Å². The number of pyridine rings is 1. The summed E-state index contributed by atoms with van der Waals surface area (Å²) in [6.45, 7) is 4.25. The van der Waals surface area contributed by atoms with Gasteiger partial charge in [0.2, 0.25) is 5.91 Å². The lowest BCUT2D eigenvalue weighted by Gasteiger charge is -2.33. The summed E-state index contributed by atoms with van der Waals surface area (Å²) in [7, 11) is 0. The molecular weight excluding hydrogens is 310 g/mol. The van der Waals surface area contributed by atoms with E-state index in [0.29, 0.717) is 6.54 Å². The SMILES string of the molecule is CC(C)(O)C1CCCN1C(=O)Cc1csc(-c2ccccn2)n1. The maximum atomic E-state index is 12.6. The van der Waals surface area contributed by atoms with Crippen LogP contribution < -0.4 is 0 Å². The van der Waals surface area contributed by atoms with Crippen molar-refractivity contribution in [2.24, 2.45) is 0 Å². The maximum absolute atomic E-state index is 12.6. The van der Waals surface area contributed by atoms with Crippen molar-refractivity contribution in [1.82, 2.24) is 14.9 Å². The Hall–Kier alpha value is -1.79. The van der Waals surface area contributed by atoms with Crippen molar-refractivity contribution in [3.05, 3.63) is 35.5 Å². The fourth-order valence-electron chi connectivity index (χ4n) is 3.05. The third-order valence-corrected chi connectivity index (χ3v) is 5.07. The van der Waals surface area contributed by atoms with Crippen molar-refractivity contribution >= 4 is 17.2 Å². The molecule has 1 fully saturated rings. The molecule has 0 spiro atoms. The number of likely N-dealkylation sites (tertiary alicyclic amines) is 1. The van der Waals surface area contributed by atoms with Gasteiger partial charge in [0.05, 0.1) is 29.5 Å². The molecule has 3 heterocycles. The van der Waals surface area contributed by atoms with Gasteiger partial charge in [0.25, 0.3) is 0 Å². The number of rotatable bonds is 4. The van der Waals surface area contributed by atoms with Crippen LogP contribution in [0.2, 0.25) is 0 Å². The monoisotopic (exact) mass is 331 g/mol. The Morgan fingerprint density at radius 1 is 1.48 bits per heavy atom. The molecule has 6 heteroatoms. The fraction of sp³-hybridized carbons (Fsp3) is 0.471. The summed E-state index contributed by atoms with van der Waals surface area (Å²) in [4.78, 5) is 23.2. The summed E-state index contributed by atoms with van der Waals surface area (Å²) in [5.74, 6) is 0.0347. The minimum Gasteiger partial charge on any atom is -0.388 e. The number of amides is 1. The summed E-state index contributed by atoms with van der Waals surface area (Å²) < 4.78 is 0. The van der Waals surface area contributed by atoms with Crippen LogP contribution in [0.5, 0.6) is 0 Å². The summed E-state index contributed by atoms with van der Waals surface area (Å²) in [6, 6.07) is 5.59. The first-order chi connectivity index (χ1) is 10.9. The van der Waals surface area contributed by atoms with E-state index in [2.05, 4.69) is 9.97 Å². The van der Waals surface area contributed by atoms with E-state index in [-0.39, 0.29) is 18.4 Å². The van der Waals surface area contributed by atoms with Crippen LogP contribution >= 0.6 is 11.3 Å². The van der Waals surface area contributed by atoms with E-state index in [1.165, 1.54) is 11.3 Å². The Balaban J connectivity index is 1.70. The molecule has 122 valence electrons. The molecule has 0 radical (unpaired) electrons. The molecule has 1 aliphatic rings. The molecule has 1 aliphatic heterocycles. The molecule has 1 unspecified atom stereocenters. The topological polar surface area (TPSA) is 66.3 Å². The molecule has 1 saturated heterocycles. The first kappa shape index (κ1) is 16.1. The molecule has 0 bridgehead atoms. The van der Waals surface area contributed by atoms with Crippen LogP contribution in [-0.2, 0) is 11.2 Å². The van der Waals surface area contributed by atoms with Crippen LogP contribution in [-0.4, -0.2) is 44.1 Å². The lowest BCUT2D eigenvalue weighted by atomic mass is 9.96. The first-order valence-corrected chi connectivity index (χ1v) is 8.71. The first-order valence-electron chi connectivity index (χ1n) is 7.83. The Morgan fingerprint density at radius 3 is 3.00 bits per heavy atom. The fourth-order valence-corrected chi connectivity index (χ4v) is 3.85. The number of hydrogen-bond donors (Lipinski definition) is 1. The lowest BCUT2D eigenvalue weighted by Crippen LogP contribution is -2.48. The van der Waals surface area contributed by atoms with Gasteiger partial charge in [-0.05, 0) is 38.8 Å². The quantitative estimate of drug-likeness (QED) is 0.935. The van der Waals surface area contributed by atoms with Crippen LogP contribution in [0.3, 0.4) is 0 Å². The number of aliphatic hydroxyl groups is 1. The van der Waals surface area contributed by atoms with Gasteiger partial charge < -0.3 is 10.0 Å². The molecule has 1 N–H and O–H groups in total. The molecule has 1 amide bonds. The van der Waals surface area contributed by atoms with Crippen LogP contribution in [0.15, 0.2) is 29.8 Å². The second-order valence-corrected chi connectivity index (χ2v) is 7.29. The van der Waals surface area contributed by atoms with Crippen molar-refractivity contribution < 1.29 is 9.90 Å². The van der Waals surface area contributed by atoms with Crippen LogP contribution in [0.25, 0.3) is 10.7 Å². The van der Waals surface area contributed by atoms with Gasteiger partial charge in [-0.25, -0.2) is 4.98 Å². The Morgan fingerprint density at radius 2 is 2.30 bits per heavy atom. The van der Waals surface area contributed by atoms with Gasteiger partial charge in [0.15, 0.2) is 0 Å². The van der Waals surface area contributed by atoms with Crippen LogP contribution in [0.4, 0.5) is 0 Å². The molecule has 3 rings (SSSR count). The minimum absolute atomic E-state index is 0.0347. The van der Waals surface area contributed by atoms with E-state index in [1.54, 1.807) is 24.9 Å². The average molecular weight is 331 g/mol. The highest BCUT2D eigenvalue weighted by Crippen LogP contribution is 2.28. The molecule has 1 atom stereocenters. The zero-order chi connectivity index (χ0) is 16.4. The summed E-state index contributed by atoms with van der Waals surface area (Å²) in [5, 5.41) is 13.0. The van der Waals surface area contributed by atoms with E-state index < -0.39 is 5.60 Å². The van der Waals surface area contributed by atoms with Gasteiger partial charge in [0, 0.05) is 18.1 Å². The van der Waals surface area contributed by atoms with E-state index in [1.807, 2.05) is 23.6 Å². The van der Waals surface area contributed by atoms with Gasteiger partial charge in [-0.15, -0.1) is 11.3 Å². The third kappa shape index (κ3) is 3.59. The molecular formula is C17H21N3O2S. The minimum atomic E-state index is -0.868. The largest absolute Gasteiger partial charge is 0.388 e. The molecule has 5 nitrogen and oxygen atoms in total. The maximum Gasteiger partial charge on any atom is 0.228 e. The summed E-state index contributed by atoms with van der Waals surface area (Å²) in [5.41, 5.74) is 0.724. The Bertz CT molecular complexity index is 679. The number of aromatic nitrogens is 2. The standard InChI is InChI=1S/C17H21N3O2S/c1-17(2,22)14-7-5-9-20(14)15(21)10-12-11-23-16(19-12)13-6-3-4-8-18-13/h3-4,6,8,11,14,22H,5,7,9-10H2,1-2H3. The van der Waals surface area contributed by atoms with E-state index in [9.17, 15) is 9.90 Å². The average Bonchev–Trinajstić information content (AvgIpc) is 3.16. The van der Waals surface area contributed by atoms with Crippen LogP contribution in [0, 0.1) is 0 Å². The number of carbonyl (C=O) groups is 1. The highest BCUT2D eigenvalue weighted by molar-refractivity contribution is 7.13. The molecule has 0 saturated carbocycles. The number of nitrogens with zero attached hydrogens (tertiary/aromatic N) is 3. The zero-order valence-electron chi connectivity index (χ0n) is 13.4. The molecule has 2 aromatic rings. The second kappa shape index (κ2) is 6.37. The van der Waals surface area contributed by atoms with Crippen molar-refractivity contribution in [2.45, 2.75) is 44.8 Å². The van der Waals surface area contributed by atoms with Gasteiger partial charge in [0.1, 0.15) is 5.01 Å². The predicted octanol–water partition coefficient (Wildman–Crippen LogP) is 2.51.